The molecule has 0 unspecified atom stereocenters. The molecule has 0 aliphatic rings. The van der Waals surface area contributed by atoms with Gasteiger partial charge in [-0.05, 0) is 6.92 Å². The lowest BCUT2D eigenvalue weighted by atomic mass is 9.88. The Morgan fingerprint density at radius 3 is 1.90 bits per heavy atom. The van der Waals surface area contributed by atoms with Crippen molar-refractivity contribution in [2.45, 2.75) is 33.8 Å². The smallest absolute Gasteiger partial charge is 0.166 e. The van der Waals surface area contributed by atoms with Crippen LogP contribution in [0.5, 0.6) is 0 Å². The van der Waals surface area contributed by atoms with Gasteiger partial charge in [-0.1, -0.05) is 20.8 Å². The molecule has 0 aromatic rings. The van der Waals surface area contributed by atoms with Crippen molar-refractivity contribution in [1.29, 1.82) is 0 Å². The predicted molar refractivity (Wildman–Crippen MR) is 40.9 cm³/mol. The highest BCUT2D eigenvalue weighted by atomic mass is 16.5. The Labute approximate surface area is 62.6 Å². The Balaban J connectivity index is 4.09. The third-order valence-electron chi connectivity index (χ3n) is 1.46. The Morgan fingerprint density at radius 2 is 1.80 bits per heavy atom. The first-order chi connectivity index (χ1) is 4.39. The monoisotopic (exact) mass is 144 g/mol. The molecule has 0 spiro atoms. The second kappa shape index (κ2) is 3.15. The van der Waals surface area contributed by atoms with E-state index in [4.69, 9.17) is 4.74 Å². The van der Waals surface area contributed by atoms with Gasteiger partial charge in [0.15, 0.2) is 5.78 Å². The van der Waals surface area contributed by atoms with E-state index in [1.54, 1.807) is 14.0 Å². The minimum atomic E-state index is -0.282. The van der Waals surface area contributed by atoms with Crippen molar-refractivity contribution in [2.24, 2.45) is 5.41 Å². The van der Waals surface area contributed by atoms with Crippen LogP contribution in [-0.2, 0) is 9.53 Å². The Morgan fingerprint density at radius 1 is 1.40 bits per heavy atom. The summed E-state index contributed by atoms with van der Waals surface area (Å²) in [6.45, 7) is 7.45. The summed E-state index contributed by atoms with van der Waals surface area (Å²) in [4.78, 5) is 11.3. The molecule has 0 aliphatic heterocycles. The molecule has 0 fully saturated rings. The number of carbonyl (C=O) groups is 1. The summed E-state index contributed by atoms with van der Waals surface area (Å²) >= 11 is 0. The van der Waals surface area contributed by atoms with Crippen molar-refractivity contribution < 1.29 is 9.53 Å². The zero-order chi connectivity index (χ0) is 8.36. The van der Waals surface area contributed by atoms with E-state index in [0.717, 1.165) is 0 Å². The summed E-state index contributed by atoms with van der Waals surface area (Å²) in [6, 6.07) is 0. The molecular weight excluding hydrogens is 128 g/mol. The minimum absolute atomic E-state index is 0.148. The van der Waals surface area contributed by atoms with E-state index in [1.165, 1.54) is 0 Å². The number of hydrogen-bond acceptors (Lipinski definition) is 2. The molecule has 0 radical (unpaired) electrons. The molecule has 60 valence electrons. The van der Waals surface area contributed by atoms with Gasteiger partial charge in [-0.3, -0.25) is 4.79 Å². The molecule has 0 saturated carbocycles. The molecule has 0 aliphatic carbocycles. The van der Waals surface area contributed by atoms with Gasteiger partial charge in [0.2, 0.25) is 0 Å². The first-order valence-corrected chi connectivity index (χ1v) is 3.46. The van der Waals surface area contributed by atoms with E-state index in [1.807, 2.05) is 20.8 Å². The predicted octanol–water partition coefficient (Wildman–Crippen LogP) is 1.64. The summed E-state index contributed by atoms with van der Waals surface area (Å²) in [5, 5.41) is 0. The van der Waals surface area contributed by atoms with Crippen molar-refractivity contribution in [2.75, 3.05) is 7.11 Å². The maximum atomic E-state index is 11.3. The van der Waals surface area contributed by atoms with Crippen molar-refractivity contribution in [3.05, 3.63) is 0 Å². The zero-order valence-corrected chi connectivity index (χ0v) is 7.39. The van der Waals surface area contributed by atoms with Crippen LogP contribution in [-0.4, -0.2) is 19.0 Å². The second-order valence-electron chi connectivity index (χ2n) is 3.49. The maximum Gasteiger partial charge on any atom is 0.166 e. The van der Waals surface area contributed by atoms with Crippen molar-refractivity contribution in [1.82, 2.24) is 0 Å². The molecule has 0 aromatic carbocycles. The van der Waals surface area contributed by atoms with E-state index >= 15 is 0 Å². The normalized spacial score (nSPS) is 14.9. The van der Waals surface area contributed by atoms with Crippen LogP contribution in [0.1, 0.15) is 27.7 Å². The molecule has 0 amide bonds. The standard InChI is InChI=1S/C8H16O2/c1-6(10-5)7(9)8(2,3)4/h6H,1-5H3/t6-/m1/s1. The van der Waals surface area contributed by atoms with Gasteiger partial charge in [0, 0.05) is 12.5 Å². The number of hydrogen-bond donors (Lipinski definition) is 0. The quantitative estimate of drug-likeness (QED) is 0.589. The first-order valence-electron chi connectivity index (χ1n) is 3.46. The fourth-order valence-corrected chi connectivity index (χ4v) is 0.717. The highest BCUT2D eigenvalue weighted by Crippen LogP contribution is 2.17. The van der Waals surface area contributed by atoms with E-state index in [2.05, 4.69) is 0 Å². The Bertz CT molecular complexity index is 122. The molecule has 0 heterocycles. The second-order valence-corrected chi connectivity index (χ2v) is 3.49. The molecule has 0 saturated heterocycles. The number of ether oxygens (including phenoxy) is 1. The first kappa shape index (κ1) is 9.63. The third-order valence-corrected chi connectivity index (χ3v) is 1.46. The third kappa shape index (κ3) is 2.48. The average Bonchev–Trinajstić information content (AvgIpc) is 1.83. The summed E-state index contributed by atoms with van der Waals surface area (Å²) < 4.78 is 4.89. The fourth-order valence-electron chi connectivity index (χ4n) is 0.717. The van der Waals surface area contributed by atoms with Crippen LogP contribution in [0.3, 0.4) is 0 Å². The minimum Gasteiger partial charge on any atom is -0.374 e. The lowest BCUT2D eigenvalue weighted by Crippen LogP contribution is -2.31. The number of methoxy groups -OCH3 is 1. The fraction of sp³-hybridized carbons (Fsp3) is 0.875. The molecule has 0 rings (SSSR count). The van der Waals surface area contributed by atoms with Gasteiger partial charge in [-0.25, -0.2) is 0 Å². The largest absolute Gasteiger partial charge is 0.374 e. The Kier molecular flexibility index (Phi) is 3.03. The van der Waals surface area contributed by atoms with E-state index in [9.17, 15) is 4.79 Å². The molecule has 2 nitrogen and oxygen atoms in total. The van der Waals surface area contributed by atoms with Crippen LogP contribution < -0.4 is 0 Å². The van der Waals surface area contributed by atoms with Crippen LogP contribution in [0.15, 0.2) is 0 Å². The average molecular weight is 144 g/mol. The molecule has 1 atom stereocenters. The van der Waals surface area contributed by atoms with Gasteiger partial charge in [0.25, 0.3) is 0 Å². The molecule has 0 aromatic heterocycles. The van der Waals surface area contributed by atoms with Gasteiger partial charge in [0.05, 0.1) is 0 Å². The van der Waals surface area contributed by atoms with Gasteiger partial charge in [-0.15, -0.1) is 0 Å². The van der Waals surface area contributed by atoms with Crippen LogP contribution in [0.4, 0.5) is 0 Å². The van der Waals surface area contributed by atoms with Gasteiger partial charge in [-0.2, -0.15) is 0 Å². The maximum absolute atomic E-state index is 11.3. The van der Waals surface area contributed by atoms with Crippen molar-refractivity contribution >= 4 is 5.78 Å². The van der Waals surface area contributed by atoms with E-state index < -0.39 is 0 Å². The number of ketones is 1. The Hall–Kier alpha value is -0.370. The van der Waals surface area contributed by atoms with Crippen LogP contribution in [0.2, 0.25) is 0 Å². The van der Waals surface area contributed by atoms with Gasteiger partial charge < -0.3 is 4.74 Å². The highest BCUT2D eigenvalue weighted by molar-refractivity contribution is 5.87. The highest BCUT2D eigenvalue weighted by Gasteiger charge is 2.26. The van der Waals surface area contributed by atoms with Crippen molar-refractivity contribution in [3.63, 3.8) is 0 Å². The summed E-state index contributed by atoms with van der Waals surface area (Å²) in [5.41, 5.74) is -0.282. The SMILES string of the molecule is CO[C@H](C)C(=O)C(C)(C)C. The van der Waals surface area contributed by atoms with Gasteiger partial charge in [0.1, 0.15) is 6.10 Å². The van der Waals surface area contributed by atoms with Crippen LogP contribution in [0.25, 0.3) is 0 Å². The zero-order valence-electron chi connectivity index (χ0n) is 7.39. The van der Waals surface area contributed by atoms with E-state index in [0.29, 0.717) is 0 Å². The van der Waals surface area contributed by atoms with Crippen LogP contribution in [0, 0.1) is 5.41 Å². The molecule has 2 heteroatoms. The lowest BCUT2D eigenvalue weighted by molar-refractivity contribution is -0.135. The van der Waals surface area contributed by atoms with E-state index in [-0.39, 0.29) is 17.3 Å². The molecular formula is C8H16O2. The lowest BCUT2D eigenvalue weighted by Gasteiger charge is -2.20. The summed E-state index contributed by atoms with van der Waals surface area (Å²) in [6.07, 6.45) is -0.278. The van der Waals surface area contributed by atoms with Gasteiger partial charge >= 0.3 is 0 Å². The summed E-state index contributed by atoms with van der Waals surface area (Å²) in [7, 11) is 1.55. The number of Topliss-reactive ketones (excluding diaryl/α,β-unsaturated/α-hetero) is 1. The number of carbonyl (C=O) groups excluding carboxylic acids is 1. The van der Waals surface area contributed by atoms with Crippen molar-refractivity contribution in [3.8, 4) is 0 Å². The molecule has 0 N–H and O–H groups in total. The molecule has 0 bridgehead atoms. The van der Waals surface area contributed by atoms with Crippen LogP contribution >= 0.6 is 0 Å². The topological polar surface area (TPSA) is 26.3 Å². The number of rotatable bonds is 2. The molecule has 10 heavy (non-hydrogen) atoms. The summed E-state index contributed by atoms with van der Waals surface area (Å²) in [5.74, 6) is 0.148.